The van der Waals surface area contributed by atoms with Gasteiger partial charge in [-0.2, -0.15) is 0 Å². The first kappa shape index (κ1) is 22.6. The maximum absolute atomic E-state index is 15.0. The van der Waals surface area contributed by atoms with Gasteiger partial charge in [-0.05, 0) is 85.0 Å². The number of benzene rings is 2. The molecule has 0 spiro atoms. The lowest BCUT2D eigenvalue weighted by Crippen LogP contribution is -2.13. The molecule has 6 heteroatoms. The van der Waals surface area contributed by atoms with E-state index in [0.29, 0.717) is 35.1 Å². The molecule has 1 atom stereocenters. The van der Waals surface area contributed by atoms with Crippen LogP contribution in [0.2, 0.25) is 0 Å². The van der Waals surface area contributed by atoms with Crippen molar-refractivity contribution in [2.24, 2.45) is 5.92 Å². The first-order valence-electron chi connectivity index (χ1n) is 11.0. The van der Waals surface area contributed by atoms with Gasteiger partial charge in [0, 0.05) is 18.7 Å². The van der Waals surface area contributed by atoms with Crippen molar-refractivity contribution in [1.29, 1.82) is 0 Å². The monoisotopic (exact) mass is 447 g/mol. The molecule has 5 nitrogen and oxygen atoms in total. The molecule has 0 N–H and O–H groups in total. The van der Waals surface area contributed by atoms with Gasteiger partial charge in [0.2, 0.25) is 5.88 Å². The van der Waals surface area contributed by atoms with Gasteiger partial charge in [0.15, 0.2) is 0 Å². The molecule has 1 heterocycles. The SMILES string of the molecule is COc1cc(-c2cc(C)c(C(=O)Oc3cccc([C@@H](CC(C)=O)C4CC4)c3)c(F)c2)ccn1. The van der Waals surface area contributed by atoms with Gasteiger partial charge in [0.1, 0.15) is 17.3 Å². The van der Waals surface area contributed by atoms with Gasteiger partial charge in [-0.3, -0.25) is 0 Å². The summed E-state index contributed by atoms with van der Waals surface area (Å²) in [6.07, 6.45) is 4.25. The molecule has 1 aliphatic carbocycles. The number of ketones is 1. The number of halogens is 1. The van der Waals surface area contributed by atoms with E-state index in [1.807, 2.05) is 6.07 Å². The second-order valence-electron chi connectivity index (χ2n) is 8.55. The topological polar surface area (TPSA) is 65.5 Å². The fourth-order valence-electron chi connectivity index (χ4n) is 4.20. The summed E-state index contributed by atoms with van der Waals surface area (Å²) >= 11 is 0. The molecule has 1 fully saturated rings. The number of rotatable bonds is 8. The van der Waals surface area contributed by atoms with Gasteiger partial charge in [0.25, 0.3) is 0 Å². The summed E-state index contributed by atoms with van der Waals surface area (Å²) < 4.78 is 25.7. The van der Waals surface area contributed by atoms with Gasteiger partial charge in [-0.25, -0.2) is 14.2 Å². The van der Waals surface area contributed by atoms with Crippen LogP contribution in [0.1, 0.15) is 53.6 Å². The lowest BCUT2D eigenvalue weighted by molar-refractivity contribution is -0.117. The third kappa shape index (κ3) is 5.28. The molecule has 170 valence electrons. The molecular weight excluding hydrogens is 421 g/mol. The van der Waals surface area contributed by atoms with Crippen LogP contribution in [0.3, 0.4) is 0 Å². The quantitative estimate of drug-likeness (QED) is 0.318. The average Bonchev–Trinajstić information content (AvgIpc) is 3.62. The number of carbonyl (C=O) groups is 2. The van der Waals surface area contributed by atoms with E-state index in [4.69, 9.17) is 9.47 Å². The average molecular weight is 448 g/mol. The van der Waals surface area contributed by atoms with Crippen molar-refractivity contribution in [3.63, 3.8) is 0 Å². The number of methoxy groups -OCH3 is 1. The minimum absolute atomic E-state index is 0.104. The number of nitrogens with zero attached hydrogens (tertiary/aromatic N) is 1. The summed E-state index contributed by atoms with van der Waals surface area (Å²) in [4.78, 5) is 28.6. The van der Waals surface area contributed by atoms with Crippen molar-refractivity contribution in [1.82, 2.24) is 4.98 Å². The van der Waals surface area contributed by atoms with Crippen LogP contribution in [0.15, 0.2) is 54.7 Å². The van der Waals surface area contributed by atoms with E-state index in [-0.39, 0.29) is 17.3 Å². The predicted octanol–water partition coefficient (Wildman–Crippen LogP) is 5.90. The summed E-state index contributed by atoms with van der Waals surface area (Å²) in [5, 5.41) is 0. The molecule has 1 aliphatic rings. The fraction of sp³-hybridized carbons (Fsp3) is 0.296. The van der Waals surface area contributed by atoms with Crippen molar-refractivity contribution in [3.8, 4) is 22.8 Å². The van der Waals surface area contributed by atoms with Gasteiger partial charge >= 0.3 is 5.97 Å². The number of Topliss-reactive ketones (excluding diaryl/α,β-unsaturated/α-hetero) is 1. The van der Waals surface area contributed by atoms with E-state index in [2.05, 4.69) is 4.98 Å². The molecule has 4 rings (SSSR count). The van der Waals surface area contributed by atoms with Gasteiger partial charge in [-0.15, -0.1) is 0 Å². The molecule has 0 aliphatic heterocycles. The number of hydrogen-bond acceptors (Lipinski definition) is 5. The predicted molar refractivity (Wildman–Crippen MR) is 123 cm³/mol. The minimum Gasteiger partial charge on any atom is -0.481 e. The Balaban J connectivity index is 1.57. The van der Waals surface area contributed by atoms with E-state index in [1.54, 1.807) is 56.4 Å². The van der Waals surface area contributed by atoms with Gasteiger partial charge in [-0.1, -0.05) is 18.2 Å². The van der Waals surface area contributed by atoms with Gasteiger partial charge < -0.3 is 14.3 Å². The van der Waals surface area contributed by atoms with E-state index in [1.165, 1.54) is 13.2 Å². The Morgan fingerprint density at radius 3 is 2.58 bits per heavy atom. The summed E-state index contributed by atoms with van der Waals surface area (Å²) in [7, 11) is 1.51. The van der Waals surface area contributed by atoms with Crippen LogP contribution in [0, 0.1) is 18.7 Å². The lowest BCUT2D eigenvalue weighted by atomic mass is 9.89. The fourth-order valence-corrected chi connectivity index (χ4v) is 4.20. The highest BCUT2D eigenvalue weighted by molar-refractivity contribution is 5.93. The van der Waals surface area contributed by atoms with Crippen LogP contribution < -0.4 is 9.47 Å². The Morgan fingerprint density at radius 2 is 1.91 bits per heavy atom. The van der Waals surface area contributed by atoms with Crippen molar-refractivity contribution in [3.05, 3.63) is 77.2 Å². The highest BCUT2D eigenvalue weighted by atomic mass is 19.1. The molecule has 1 saturated carbocycles. The number of esters is 1. The second kappa shape index (κ2) is 9.53. The molecule has 2 aromatic carbocycles. The Morgan fingerprint density at radius 1 is 1.12 bits per heavy atom. The summed E-state index contributed by atoms with van der Waals surface area (Å²) in [5.74, 6) is 0.0932. The molecule has 0 amide bonds. The zero-order chi connectivity index (χ0) is 23.5. The Hall–Kier alpha value is -3.54. The summed E-state index contributed by atoms with van der Waals surface area (Å²) in [5.41, 5.74) is 2.67. The second-order valence-corrected chi connectivity index (χ2v) is 8.55. The van der Waals surface area contributed by atoms with Crippen molar-refractivity contribution in [2.75, 3.05) is 7.11 Å². The van der Waals surface area contributed by atoms with Gasteiger partial charge in [0.05, 0.1) is 12.7 Å². The molecule has 0 bridgehead atoms. The van der Waals surface area contributed by atoms with E-state index in [0.717, 1.165) is 24.0 Å². The lowest BCUT2D eigenvalue weighted by Gasteiger charge is -2.16. The van der Waals surface area contributed by atoms with Crippen LogP contribution in [0.5, 0.6) is 11.6 Å². The standard InChI is InChI=1S/C27H26FNO4/c1-16-11-21(19-9-10-29-25(15-19)32-3)14-24(28)26(16)27(31)33-22-6-4-5-20(13-22)23(12-17(2)30)18-7-8-18/h4-6,9-11,13-15,18,23H,7-8,12H2,1-3H3/t23-/m0/s1. The molecule has 1 aromatic heterocycles. The molecule has 0 unspecified atom stereocenters. The largest absolute Gasteiger partial charge is 0.481 e. The molecule has 0 saturated heterocycles. The number of carbonyl (C=O) groups excluding carboxylic acids is 2. The Bertz CT molecular complexity index is 1180. The normalized spacial score (nSPS) is 13.9. The van der Waals surface area contributed by atoms with Crippen LogP contribution in [-0.2, 0) is 4.79 Å². The highest BCUT2D eigenvalue weighted by Gasteiger charge is 2.33. The Labute approximate surface area is 192 Å². The van der Waals surface area contributed by atoms with Crippen LogP contribution in [0.4, 0.5) is 4.39 Å². The van der Waals surface area contributed by atoms with Crippen molar-refractivity contribution >= 4 is 11.8 Å². The van der Waals surface area contributed by atoms with Crippen LogP contribution in [-0.4, -0.2) is 23.8 Å². The highest BCUT2D eigenvalue weighted by Crippen LogP contribution is 2.45. The number of aromatic nitrogens is 1. The molecule has 33 heavy (non-hydrogen) atoms. The third-order valence-electron chi connectivity index (χ3n) is 5.96. The number of aryl methyl sites for hydroxylation is 1. The number of ether oxygens (including phenoxy) is 2. The smallest absolute Gasteiger partial charge is 0.346 e. The van der Waals surface area contributed by atoms with E-state index < -0.39 is 11.8 Å². The summed E-state index contributed by atoms with van der Waals surface area (Å²) in [6.45, 7) is 3.27. The van der Waals surface area contributed by atoms with Crippen LogP contribution in [0.25, 0.3) is 11.1 Å². The number of pyridine rings is 1. The van der Waals surface area contributed by atoms with E-state index >= 15 is 4.39 Å². The summed E-state index contributed by atoms with van der Waals surface area (Å²) in [6, 6.07) is 13.7. The zero-order valence-corrected chi connectivity index (χ0v) is 18.9. The Kier molecular flexibility index (Phi) is 6.54. The van der Waals surface area contributed by atoms with Crippen molar-refractivity contribution in [2.45, 2.75) is 39.0 Å². The van der Waals surface area contributed by atoms with E-state index in [9.17, 15) is 9.59 Å². The first-order valence-corrected chi connectivity index (χ1v) is 11.0. The number of hydrogen-bond donors (Lipinski definition) is 0. The maximum Gasteiger partial charge on any atom is 0.346 e. The third-order valence-corrected chi connectivity index (χ3v) is 5.96. The minimum atomic E-state index is -0.754. The van der Waals surface area contributed by atoms with Crippen LogP contribution >= 0.6 is 0 Å². The molecule has 0 radical (unpaired) electrons. The zero-order valence-electron chi connectivity index (χ0n) is 18.9. The molecule has 3 aromatic rings. The maximum atomic E-state index is 15.0. The van der Waals surface area contributed by atoms with Crippen molar-refractivity contribution < 1.29 is 23.5 Å². The molecular formula is C27H26FNO4. The first-order chi connectivity index (χ1) is 15.9.